The maximum absolute atomic E-state index is 12.5. The predicted molar refractivity (Wildman–Crippen MR) is 88.8 cm³/mol. The largest absolute Gasteiger partial charge is 0.390 e. The van der Waals surface area contributed by atoms with E-state index in [1.54, 1.807) is 0 Å². The van der Waals surface area contributed by atoms with Crippen LogP contribution in [0.2, 0.25) is 0 Å². The summed E-state index contributed by atoms with van der Waals surface area (Å²) < 4.78 is 0. The number of nitrogens with one attached hydrogen (secondary N) is 1. The van der Waals surface area contributed by atoms with Crippen molar-refractivity contribution in [2.45, 2.75) is 68.5 Å². The van der Waals surface area contributed by atoms with Gasteiger partial charge in [0.1, 0.15) is 5.84 Å². The number of aliphatic hydroxyl groups is 1. The van der Waals surface area contributed by atoms with Crippen molar-refractivity contribution in [3.63, 3.8) is 0 Å². The van der Waals surface area contributed by atoms with Crippen molar-refractivity contribution in [1.82, 2.24) is 9.80 Å². The summed E-state index contributed by atoms with van der Waals surface area (Å²) in [5.74, 6) is 2.04. The Morgan fingerprint density at radius 3 is 2.52 bits per heavy atom. The molecule has 2 aliphatic heterocycles. The molecule has 0 spiro atoms. The quantitative estimate of drug-likeness (QED) is 0.765. The molecule has 6 fully saturated rings. The molecule has 6 rings (SSSR count). The number of hydrogen-bond donors (Lipinski definition) is 2. The summed E-state index contributed by atoms with van der Waals surface area (Å²) in [6.07, 6.45) is 8.02. The molecule has 2 N–H and O–H groups in total. The van der Waals surface area contributed by atoms with E-state index in [1.165, 1.54) is 6.42 Å². The average molecular weight is 340 g/mol. The van der Waals surface area contributed by atoms with E-state index in [0.29, 0.717) is 24.2 Å². The van der Waals surface area contributed by atoms with E-state index in [9.17, 15) is 9.90 Å². The normalized spacial score (nSPS) is 47.8. The van der Waals surface area contributed by atoms with Crippen molar-refractivity contribution in [3.05, 3.63) is 0 Å². The summed E-state index contributed by atoms with van der Waals surface area (Å²) in [6, 6.07) is 0.00361. The molecular formula is C17H26ClN3O2. The fourth-order valence-electron chi connectivity index (χ4n) is 6.75. The Labute approximate surface area is 143 Å². The van der Waals surface area contributed by atoms with E-state index in [2.05, 4.69) is 4.90 Å². The van der Waals surface area contributed by atoms with Crippen LogP contribution in [0.4, 0.5) is 0 Å². The summed E-state index contributed by atoms with van der Waals surface area (Å²) in [4.78, 5) is 16.6. The lowest BCUT2D eigenvalue weighted by molar-refractivity contribution is -0.170. The van der Waals surface area contributed by atoms with Crippen molar-refractivity contribution in [2.24, 2.45) is 11.8 Å². The second-order valence-corrected chi connectivity index (χ2v) is 8.63. The Balaban J connectivity index is 0.00000135. The Kier molecular flexibility index (Phi) is 3.31. The Morgan fingerprint density at radius 2 is 1.87 bits per heavy atom. The smallest absolute Gasteiger partial charge is 0.242 e. The average Bonchev–Trinajstić information content (AvgIpc) is 2.90. The Hall–Kier alpha value is -0.810. The maximum atomic E-state index is 12.5. The lowest BCUT2D eigenvalue weighted by Crippen LogP contribution is -2.71. The first kappa shape index (κ1) is 15.7. The number of carbonyl (C=O) groups excluding carboxylic acids is 1. The molecule has 0 aromatic rings. The molecule has 0 aromatic heterocycles. The number of amidine groups is 1. The third-order valence-corrected chi connectivity index (χ3v) is 7.04. The first-order chi connectivity index (χ1) is 10.5. The Morgan fingerprint density at radius 1 is 1.17 bits per heavy atom. The Bertz CT molecular complexity index is 552. The molecule has 2 heterocycles. The summed E-state index contributed by atoms with van der Waals surface area (Å²) in [6.45, 7) is 1.19. The van der Waals surface area contributed by atoms with Crippen LogP contribution < -0.4 is 0 Å². The van der Waals surface area contributed by atoms with Crippen molar-refractivity contribution >= 4 is 24.1 Å². The van der Waals surface area contributed by atoms with Crippen molar-refractivity contribution < 1.29 is 9.90 Å². The molecule has 3 unspecified atom stereocenters. The number of hydrogen-bond acceptors (Lipinski definition) is 3. The number of amides is 1. The number of carbonyl (C=O) groups is 1. The molecule has 6 aliphatic rings. The highest BCUT2D eigenvalue weighted by Crippen LogP contribution is 2.59. The van der Waals surface area contributed by atoms with Gasteiger partial charge in [0.2, 0.25) is 5.91 Å². The standard InChI is InChI=1S/C17H25N3O2.ClH/c18-15-13-2-1-3-19(13)14(21)9-20(15)16-5-11-4-12(6-16)8-17(22,7-11)10-16;/h11-13,18,22H,1-10H2;1H. The predicted octanol–water partition coefficient (Wildman–Crippen LogP) is 1.78. The number of piperazine rings is 1. The lowest BCUT2D eigenvalue weighted by atomic mass is 9.50. The van der Waals surface area contributed by atoms with Crippen molar-refractivity contribution in [3.8, 4) is 0 Å². The second kappa shape index (κ2) is 4.85. The van der Waals surface area contributed by atoms with Gasteiger partial charge < -0.3 is 14.9 Å². The highest BCUT2D eigenvalue weighted by molar-refractivity contribution is 5.97. The van der Waals surface area contributed by atoms with Crippen LogP contribution in [0.5, 0.6) is 0 Å². The monoisotopic (exact) mass is 339 g/mol. The topological polar surface area (TPSA) is 67.6 Å². The third-order valence-electron chi connectivity index (χ3n) is 7.04. The summed E-state index contributed by atoms with van der Waals surface area (Å²) >= 11 is 0. The third kappa shape index (κ3) is 2.08. The molecule has 23 heavy (non-hydrogen) atoms. The van der Waals surface area contributed by atoms with Crippen LogP contribution in [0.15, 0.2) is 0 Å². The zero-order valence-corrected chi connectivity index (χ0v) is 14.3. The molecule has 4 bridgehead atoms. The molecule has 128 valence electrons. The van der Waals surface area contributed by atoms with Gasteiger partial charge in [0.25, 0.3) is 0 Å². The van der Waals surface area contributed by atoms with Gasteiger partial charge in [0, 0.05) is 12.1 Å². The zero-order chi connectivity index (χ0) is 15.1. The first-order valence-electron chi connectivity index (χ1n) is 8.86. The van der Waals surface area contributed by atoms with Gasteiger partial charge in [-0.1, -0.05) is 0 Å². The van der Waals surface area contributed by atoms with Gasteiger partial charge in [-0.25, -0.2) is 0 Å². The van der Waals surface area contributed by atoms with E-state index in [4.69, 9.17) is 5.41 Å². The van der Waals surface area contributed by atoms with E-state index in [1.807, 2.05) is 4.90 Å². The summed E-state index contributed by atoms with van der Waals surface area (Å²) in [5, 5.41) is 19.7. The number of nitrogens with zero attached hydrogens (tertiary/aromatic N) is 2. The second-order valence-electron chi connectivity index (χ2n) is 8.63. The van der Waals surface area contributed by atoms with Crippen molar-refractivity contribution in [2.75, 3.05) is 13.1 Å². The van der Waals surface area contributed by atoms with Crippen molar-refractivity contribution in [1.29, 1.82) is 5.41 Å². The fourth-order valence-corrected chi connectivity index (χ4v) is 6.75. The van der Waals surface area contributed by atoms with Crippen LogP contribution in [0.3, 0.4) is 0 Å². The first-order valence-corrected chi connectivity index (χ1v) is 8.86. The SMILES string of the molecule is Cl.N=C1C2CCCN2C(=O)CN1C12CC3CC(CC(O)(C3)C1)C2. The van der Waals surface area contributed by atoms with Crippen LogP contribution in [-0.4, -0.2) is 56.9 Å². The van der Waals surface area contributed by atoms with Gasteiger partial charge in [0.15, 0.2) is 0 Å². The van der Waals surface area contributed by atoms with Crippen LogP contribution in [0, 0.1) is 17.2 Å². The minimum absolute atomic E-state index is 0. The van der Waals surface area contributed by atoms with E-state index >= 15 is 0 Å². The molecule has 4 aliphatic carbocycles. The molecule has 2 saturated heterocycles. The van der Waals surface area contributed by atoms with Crippen LogP contribution in [0.1, 0.15) is 51.4 Å². The molecule has 4 saturated carbocycles. The minimum Gasteiger partial charge on any atom is -0.390 e. The lowest BCUT2D eigenvalue weighted by Gasteiger charge is -2.64. The van der Waals surface area contributed by atoms with Gasteiger partial charge in [0.05, 0.1) is 18.2 Å². The molecule has 3 atom stereocenters. The molecular weight excluding hydrogens is 314 g/mol. The van der Waals surface area contributed by atoms with Crippen LogP contribution in [0.25, 0.3) is 0 Å². The summed E-state index contributed by atoms with van der Waals surface area (Å²) in [5.41, 5.74) is -0.638. The van der Waals surface area contributed by atoms with Gasteiger partial charge in [-0.15, -0.1) is 12.4 Å². The fraction of sp³-hybridized carbons (Fsp3) is 0.882. The number of fused-ring (bicyclic) bond motifs is 1. The number of halogens is 1. The summed E-state index contributed by atoms with van der Waals surface area (Å²) in [7, 11) is 0. The highest BCUT2D eigenvalue weighted by atomic mass is 35.5. The molecule has 0 aromatic carbocycles. The van der Waals surface area contributed by atoms with Crippen LogP contribution in [-0.2, 0) is 4.79 Å². The molecule has 1 amide bonds. The van der Waals surface area contributed by atoms with Gasteiger partial charge >= 0.3 is 0 Å². The molecule has 5 nitrogen and oxygen atoms in total. The molecule has 0 radical (unpaired) electrons. The van der Waals surface area contributed by atoms with Crippen LogP contribution >= 0.6 is 12.4 Å². The van der Waals surface area contributed by atoms with E-state index < -0.39 is 5.60 Å². The van der Waals surface area contributed by atoms with E-state index in [0.717, 1.165) is 51.5 Å². The van der Waals surface area contributed by atoms with Gasteiger partial charge in [-0.05, 0) is 63.2 Å². The van der Waals surface area contributed by atoms with E-state index in [-0.39, 0.29) is 29.9 Å². The van der Waals surface area contributed by atoms with Gasteiger partial charge in [-0.3, -0.25) is 10.2 Å². The molecule has 6 heteroatoms. The van der Waals surface area contributed by atoms with Gasteiger partial charge in [-0.2, -0.15) is 0 Å². The zero-order valence-electron chi connectivity index (χ0n) is 13.5. The highest BCUT2D eigenvalue weighted by Gasteiger charge is 2.61. The number of rotatable bonds is 1. The maximum Gasteiger partial charge on any atom is 0.242 e. The minimum atomic E-state index is -0.528.